The smallest absolute Gasteiger partial charge is 0.349 e. The standard InChI is InChI=1S/C13H15F2NO3/c1-9(2)16(8-11(17)18)12(19)13(14,15)10-6-4-3-5-7-10/h3-7,9H,8H2,1-2H3,(H,17,18). The third kappa shape index (κ3) is 3.49. The molecule has 4 nitrogen and oxygen atoms in total. The van der Waals surface area contributed by atoms with Crippen molar-refractivity contribution in [2.75, 3.05) is 6.54 Å². The molecule has 0 saturated heterocycles. The van der Waals surface area contributed by atoms with Crippen LogP contribution >= 0.6 is 0 Å². The molecule has 104 valence electrons. The second-order valence-corrected chi connectivity index (χ2v) is 4.36. The summed E-state index contributed by atoms with van der Waals surface area (Å²) in [4.78, 5) is 23.1. The van der Waals surface area contributed by atoms with Crippen LogP contribution < -0.4 is 0 Å². The van der Waals surface area contributed by atoms with Crippen LogP contribution in [0.4, 0.5) is 8.78 Å². The minimum atomic E-state index is -3.74. The maximum absolute atomic E-state index is 14.0. The molecule has 0 atom stereocenters. The Kier molecular flexibility index (Phi) is 4.58. The van der Waals surface area contributed by atoms with Gasteiger partial charge in [-0.1, -0.05) is 30.3 Å². The molecule has 0 saturated carbocycles. The van der Waals surface area contributed by atoms with Crippen LogP contribution in [0.1, 0.15) is 19.4 Å². The molecule has 1 N–H and O–H groups in total. The van der Waals surface area contributed by atoms with E-state index in [-0.39, 0.29) is 0 Å². The van der Waals surface area contributed by atoms with Gasteiger partial charge in [-0.25, -0.2) is 0 Å². The molecule has 0 radical (unpaired) electrons. The van der Waals surface area contributed by atoms with Crippen molar-refractivity contribution in [1.29, 1.82) is 0 Å². The fraction of sp³-hybridized carbons (Fsp3) is 0.385. The molecule has 0 aliphatic heterocycles. The molecule has 0 bridgehead atoms. The van der Waals surface area contributed by atoms with E-state index in [9.17, 15) is 18.4 Å². The van der Waals surface area contributed by atoms with Crippen LogP contribution in [0.15, 0.2) is 30.3 Å². The van der Waals surface area contributed by atoms with Crippen molar-refractivity contribution < 1.29 is 23.5 Å². The maximum Gasteiger partial charge on any atom is 0.349 e. The van der Waals surface area contributed by atoms with E-state index in [1.54, 1.807) is 6.07 Å². The highest BCUT2D eigenvalue weighted by atomic mass is 19.3. The summed E-state index contributed by atoms with van der Waals surface area (Å²) in [5.74, 6) is -6.57. The van der Waals surface area contributed by atoms with Gasteiger partial charge in [0.15, 0.2) is 0 Å². The fourth-order valence-electron chi connectivity index (χ4n) is 1.59. The van der Waals surface area contributed by atoms with Crippen molar-refractivity contribution in [3.8, 4) is 0 Å². The summed E-state index contributed by atoms with van der Waals surface area (Å²) in [6, 6.07) is 6.00. The molecule has 0 aliphatic rings. The number of alkyl halides is 2. The molecule has 0 heterocycles. The van der Waals surface area contributed by atoms with Crippen LogP contribution in [-0.2, 0) is 15.5 Å². The Hall–Kier alpha value is -1.98. The number of nitrogens with zero attached hydrogens (tertiary/aromatic N) is 1. The summed E-state index contributed by atoms with van der Waals surface area (Å²) >= 11 is 0. The minimum absolute atomic E-state index is 0.448. The Morgan fingerprint density at radius 1 is 1.26 bits per heavy atom. The molecule has 0 aromatic heterocycles. The first-order valence-corrected chi connectivity index (χ1v) is 5.73. The van der Waals surface area contributed by atoms with Gasteiger partial charge in [-0.2, -0.15) is 8.78 Å². The molecular formula is C13H15F2NO3. The highest BCUT2D eigenvalue weighted by molar-refractivity contribution is 5.87. The molecule has 0 aliphatic carbocycles. The van der Waals surface area contributed by atoms with Crippen LogP contribution in [0.25, 0.3) is 0 Å². The van der Waals surface area contributed by atoms with Gasteiger partial charge in [0.2, 0.25) is 0 Å². The van der Waals surface area contributed by atoms with Gasteiger partial charge < -0.3 is 10.0 Å². The number of carboxylic acids is 1. The summed E-state index contributed by atoms with van der Waals surface area (Å²) < 4.78 is 28.1. The monoisotopic (exact) mass is 271 g/mol. The van der Waals surface area contributed by atoms with E-state index in [2.05, 4.69) is 0 Å². The highest BCUT2D eigenvalue weighted by Gasteiger charge is 2.44. The SMILES string of the molecule is CC(C)N(CC(=O)O)C(=O)C(F)(F)c1ccccc1. The first kappa shape index (κ1) is 15.1. The minimum Gasteiger partial charge on any atom is -0.480 e. The van der Waals surface area contributed by atoms with Crippen molar-refractivity contribution in [3.05, 3.63) is 35.9 Å². The van der Waals surface area contributed by atoms with Crippen molar-refractivity contribution in [1.82, 2.24) is 4.90 Å². The molecule has 1 aromatic carbocycles. The van der Waals surface area contributed by atoms with Crippen molar-refractivity contribution in [2.45, 2.75) is 25.8 Å². The number of carboxylic acid groups (broad SMARTS) is 1. The Balaban J connectivity index is 3.05. The number of hydrogen-bond acceptors (Lipinski definition) is 2. The highest BCUT2D eigenvalue weighted by Crippen LogP contribution is 2.30. The largest absolute Gasteiger partial charge is 0.480 e. The third-order valence-corrected chi connectivity index (χ3v) is 2.59. The lowest BCUT2D eigenvalue weighted by Gasteiger charge is -2.29. The quantitative estimate of drug-likeness (QED) is 0.892. The van der Waals surface area contributed by atoms with Crippen LogP contribution in [0.5, 0.6) is 0 Å². The number of aliphatic carboxylic acids is 1. The molecule has 0 spiro atoms. The molecule has 6 heteroatoms. The number of rotatable bonds is 5. The van der Waals surface area contributed by atoms with Gasteiger partial charge in [0.25, 0.3) is 5.91 Å². The molecule has 19 heavy (non-hydrogen) atoms. The summed E-state index contributed by atoms with van der Waals surface area (Å²) in [5.41, 5.74) is -0.448. The van der Waals surface area contributed by atoms with E-state index in [0.29, 0.717) is 4.90 Å². The number of benzene rings is 1. The second-order valence-electron chi connectivity index (χ2n) is 4.36. The van der Waals surface area contributed by atoms with Crippen molar-refractivity contribution >= 4 is 11.9 Å². The molecule has 1 aromatic rings. The lowest BCUT2D eigenvalue weighted by atomic mass is 10.1. The Bertz CT molecular complexity index is 460. The summed E-state index contributed by atoms with van der Waals surface area (Å²) in [5, 5.41) is 8.68. The lowest BCUT2D eigenvalue weighted by Crippen LogP contribution is -2.47. The normalized spacial score (nSPS) is 11.4. The molecule has 1 rings (SSSR count). The van der Waals surface area contributed by atoms with Crippen LogP contribution in [0.3, 0.4) is 0 Å². The number of amides is 1. The zero-order valence-corrected chi connectivity index (χ0v) is 10.6. The third-order valence-electron chi connectivity index (χ3n) is 2.59. The van der Waals surface area contributed by atoms with E-state index in [1.165, 1.54) is 26.0 Å². The predicted octanol–water partition coefficient (Wildman–Crippen LogP) is 2.10. The van der Waals surface area contributed by atoms with E-state index in [1.807, 2.05) is 0 Å². The molecule has 0 unspecified atom stereocenters. The van der Waals surface area contributed by atoms with Crippen LogP contribution in [0.2, 0.25) is 0 Å². The van der Waals surface area contributed by atoms with Gasteiger partial charge in [-0.15, -0.1) is 0 Å². The van der Waals surface area contributed by atoms with Crippen molar-refractivity contribution in [3.63, 3.8) is 0 Å². The average molecular weight is 271 g/mol. The maximum atomic E-state index is 14.0. The van der Waals surface area contributed by atoms with E-state index in [0.717, 1.165) is 12.1 Å². The Morgan fingerprint density at radius 3 is 2.21 bits per heavy atom. The predicted molar refractivity (Wildman–Crippen MR) is 64.8 cm³/mol. The number of halogens is 2. The van der Waals surface area contributed by atoms with Gasteiger partial charge in [0.1, 0.15) is 6.54 Å². The van der Waals surface area contributed by atoms with Gasteiger partial charge in [0, 0.05) is 11.6 Å². The van der Waals surface area contributed by atoms with E-state index >= 15 is 0 Å². The van der Waals surface area contributed by atoms with Gasteiger partial charge in [-0.05, 0) is 13.8 Å². The fourth-order valence-corrected chi connectivity index (χ4v) is 1.59. The Labute approximate surface area is 109 Å². The van der Waals surface area contributed by atoms with Gasteiger partial charge >= 0.3 is 11.9 Å². The summed E-state index contributed by atoms with van der Waals surface area (Å²) in [6.07, 6.45) is 0. The van der Waals surface area contributed by atoms with Crippen molar-refractivity contribution in [2.24, 2.45) is 0 Å². The van der Waals surface area contributed by atoms with Gasteiger partial charge in [-0.3, -0.25) is 9.59 Å². The van der Waals surface area contributed by atoms with Gasteiger partial charge in [0.05, 0.1) is 0 Å². The average Bonchev–Trinajstić information content (AvgIpc) is 2.35. The molecule has 0 fully saturated rings. The molecular weight excluding hydrogens is 256 g/mol. The van der Waals surface area contributed by atoms with Crippen LogP contribution in [0, 0.1) is 0 Å². The molecule has 1 amide bonds. The lowest BCUT2D eigenvalue weighted by molar-refractivity contribution is -0.164. The zero-order chi connectivity index (χ0) is 14.6. The zero-order valence-electron chi connectivity index (χ0n) is 10.6. The van der Waals surface area contributed by atoms with E-state index in [4.69, 9.17) is 5.11 Å². The first-order chi connectivity index (χ1) is 8.76. The number of hydrogen-bond donors (Lipinski definition) is 1. The summed E-state index contributed by atoms with van der Waals surface area (Å²) in [6.45, 7) is 2.22. The number of carbonyl (C=O) groups excluding carboxylic acids is 1. The Morgan fingerprint density at radius 2 is 1.79 bits per heavy atom. The van der Waals surface area contributed by atoms with E-state index < -0.39 is 35.9 Å². The second kappa shape index (κ2) is 5.77. The first-order valence-electron chi connectivity index (χ1n) is 5.73. The summed E-state index contributed by atoms with van der Waals surface area (Å²) in [7, 11) is 0. The topological polar surface area (TPSA) is 57.6 Å². The van der Waals surface area contributed by atoms with Crippen LogP contribution in [-0.4, -0.2) is 34.5 Å². The number of carbonyl (C=O) groups is 2.